The van der Waals surface area contributed by atoms with Gasteiger partial charge >= 0.3 is 0 Å². The summed E-state index contributed by atoms with van der Waals surface area (Å²) >= 11 is 0. The van der Waals surface area contributed by atoms with Gasteiger partial charge in [0.25, 0.3) is 0 Å². The van der Waals surface area contributed by atoms with E-state index in [1.807, 2.05) is 12.1 Å². The van der Waals surface area contributed by atoms with E-state index in [2.05, 4.69) is 203 Å². The molecule has 0 aliphatic heterocycles. The van der Waals surface area contributed by atoms with E-state index in [1.54, 1.807) is 0 Å². The number of para-hydroxylation sites is 4. The second-order valence-corrected chi connectivity index (χ2v) is 14.9. The van der Waals surface area contributed by atoms with E-state index in [0.717, 1.165) is 27.6 Å². The van der Waals surface area contributed by atoms with Crippen LogP contribution in [-0.4, -0.2) is 9.13 Å². The predicted octanol–water partition coefficient (Wildman–Crippen LogP) is 14.8. The van der Waals surface area contributed by atoms with Gasteiger partial charge in [-0.05, 0) is 100 Å². The molecule has 0 aliphatic rings. The smallest absolute Gasteiger partial charge is 0.136 e. The number of furan rings is 1. The van der Waals surface area contributed by atoms with Crippen LogP contribution in [0.15, 0.2) is 211 Å². The van der Waals surface area contributed by atoms with Gasteiger partial charge in [0.05, 0.1) is 22.1 Å². The van der Waals surface area contributed by atoms with Gasteiger partial charge in [-0.25, -0.2) is 0 Å². The molecule has 3 aromatic heterocycles. The molecule has 57 heavy (non-hydrogen) atoms. The Morgan fingerprint density at radius 1 is 0.281 bits per heavy atom. The molecule has 0 saturated carbocycles. The Morgan fingerprint density at radius 3 is 1.54 bits per heavy atom. The summed E-state index contributed by atoms with van der Waals surface area (Å²) in [5.74, 6) is 0. The minimum absolute atomic E-state index is 0.912. The first-order valence-electron chi connectivity index (χ1n) is 19.5. The molecule has 0 aliphatic carbocycles. The Kier molecular flexibility index (Phi) is 6.93. The molecule has 0 radical (unpaired) electrons. The summed E-state index contributed by atoms with van der Waals surface area (Å²) < 4.78 is 11.0. The first kappa shape index (κ1) is 31.7. The van der Waals surface area contributed by atoms with Crippen molar-refractivity contribution < 1.29 is 4.42 Å². The van der Waals surface area contributed by atoms with Crippen molar-refractivity contribution in [3.8, 4) is 44.8 Å². The maximum Gasteiger partial charge on any atom is 0.136 e. The summed E-state index contributed by atoms with van der Waals surface area (Å²) in [6.45, 7) is 0. The highest BCUT2D eigenvalue weighted by Crippen LogP contribution is 2.40. The number of aromatic nitrogens is 2. The van der Waals surface area contributed by atoms with E-state index in [-0.39, 0.29) is 0 Å². The fraction of sp³-hybridized carbons (Fsp3) is 0. The van der Waals surface area contributed by atoms with Crippen LogP contribution in [0.1, 0.15) is 0 Å². The van der Waals surface area contributed by atoms with Gasteiger partial charge in [0, 0.05) is 43.7 Å². The molecule has 3 heterocycles. The highest BCUT2D eigenvalue weighted by molar-refractivity contribution is 6.13. The average Bonchev–Trinajstić information content (AvgIpc) is 3.94. The molecular weight excluding hydrogens is 693 g/mol. The van der Waals surface area contributed by atoms with E-state index in [4.69, 9.17) is 4.42 Å². The van der Waals surface area contributed by atoms with Crippen molar-refractivity contribution in [3.63, 3.8) is 0 Å². The summed E-state index contributed by atoms with van der Waals surface area (Å²) in [5, 5.41) is 7.32. The molecule has 3 nitrogen and oxygen atoms in total. The van der Waals surface area contributed by atoms with Crippen LogP contribution < -0.4 is 0 Å². The van der Waals surface area contributed by atoms with Crippen molar-refractivity contribution in [2.24, 2.45) is 0 Å². The van der Waals surface area contributed by atoms with Crippen LogP contribution in [0.2, 0.25) is 0 Å². The fourth-order valence-electron chi connectivity index (χ4n) is 9.10. The van der Waals surface area contributed by atoms with E-state index in [1.165, 1.54) is 82.7 Å². The highest BCUT2D eigenvalue weighted by atomic mass is 16.3. The third-order valence-electron chi connectivity index (χ3n) is 11.8. The molecule has 0 unspecified atom stereocenters. The van der Waals surface area contributed by atoms with Gasteiger partial charge in [0.1, 0.15) is 11.2 Å². The SMILES string of the molecule is c1ccc(-n2c3ccccc3c3ccc(-c4ccc(-c5ccc6c(c5)c5ccccc5n6-c5ccc(-c6cccc7oc8ccccc8c67)cc5)cc4)cc32)cc1. The lowest BCUT2D eigenvalue weighted by Crippen LogP contribution is -1.94. The van der Waals surface area contributed by atoms with Crippen LogP contribution in [0.4, 0.5) is 0 Å². The molecule has 0 bridgehead atoms. The summed E-state index contributed by atoms with van der Waals surface area (Å²) in [5.41, 5.74) is 16.1. The van der Waals surface area contributed by atoms with E-state index in [0.29, 0.717) is 0 Å². The van der Waals surface area contributed by atoms with E-state index >= 15 is 0 Å². The molecule has 266 valence electrons. The van der Waals surface area contributed by atoms with Crippen molar-refractivity contribution in [2.45, 2.75) is 0 Å². The topological polar surface area (TPSA) is 23.0 Å². The van der Waals surface area contributed by atoms with Crippen molar-refractivity contribution in [2.75, 3.05) is 0 Å². The van der Waals surface area contributed by atoms with Gasteiger partial charge in [-0.15, -0.1) is 0 Å². The zero-order valence-corrected chi connectivity index (χ0v) is 30.9. The number of nitrogens with zero attached hydrogens (tertiary/aromatic N) is 2. The van der Waals surface area contributed by atoms with Crippen LogP contribution in [0.3, 0.4) is 0 Å². The van der Waals surface area contributed by atoms with Gasteiger partial charge < -0.3 is 13.6 Å². The Bertz CT molecular complexity index is 3490. The fourth-order valence-corrected chi connectivity index (χ4v) is 9.10. The lowest BCUT2D eigenvalue weighted by atomic mass is 9.98. The van der Waals surface area contributed by atoms with Gasteiger partial charge in [-0.1, -0.05) is 140 Å². The average molecular weight is 727 g/mol. The molecule has 0 spiro atoms. The van der Waals surface area contributed by atoms with Crippen molar-refractivity contribution >= 4 is 65.6 Å². The molecule has 12 rings (SSSR count). The third-order valence-corrected chi connectivity index (χ3v) is 11.8. The molecule has 0 N–H and O–H groups in total. The summed E-state index contributed by atoms with van der Waals surface area (Å²) in [6, 6.07) is 74.5. The normalized spacial score (nSPS) is 11.9. The summed E-state index contributed by atoms with van der Waals surface area (Å²) in [6.07, 6.45) is 0. The molecular formula is C54H34N2O. The molecule has 0 saturated heterocycles. The summed E-state index contributed by atoms with van der Waals surface area (Å²) in [7, 11) is 0. The van der Waals surface area contributed by atoms with Crippen molar-refractivity contribution in [3.05, 3.63) is 206 Å². The van der Waals surface area contributed by atoms with Crippen LogP contribution in [0.5, 0.6) is 0 Å². The van der Waals surface area contributed by atoms with E-state index < -0.39 is 0 Å². The maximum atomic E-state index is 6.20. The van der Waals surface area contributed by atoms with E-state index in [9.17, 15) is 0 Å². The minimum Gasteiger partial charge on any atom is -0.456 e. The molecule has 0 fully saturated rings. The van der Waals surface area contributed by atoms with Crippen LogP contribution in [0, 0.1) is 0 Å². The summed E-state index contributed by atoms with van der Waals surface area (Å²) in [4.78, 5) is 0. The Hall–Kier alpha value is -7.62. The number of rotatable bonds is 5. The van der Waals surface area contributed by atoms with Gasteiger partial charge in [-0.3, -0.25) is 0 Å². The van der Waals surface area contributed by atoms with Gasteiger partial charge in [0.15, 0.2) is 0 Å². The third kappa shape index (κ3) is 4.92. The second-order valence-electron chi connectivity index (χ2n) is 14.9. The van der Waals surface area contributed by atoms with Crippen LogP contribution >= 0.6 is 0 Å². The predicted molar refractivity (Wildman–Crippen MR) is 239 cm³/mol. The highest BCUT2D eigenvalue weighted by Gasteiger charge is 2.17. The maximum absolute atomic E-state index is 6.20. The number of benzene rings is 9. The van der Waals surface area contributed by atoms with Crippen LogP contribution in [0.25, 0.3) is 110 Å². The number of fused-ring (bicyclic) bond motifs is 9. The Balaban J connectivity index is 0.911. The molecule has 0 atom stereocenters. The second kappa shape index (κ2) is 12.5. The molecule has 12 aromatic rings. The largest absolute Gasteiger partial charge is 0.456 e. The van der Waals surface area contributed by atoms with Crippen molar-refractivity contribution in [1.82, 2.24) is 9.13 Å². The number of hydrogen-bond donors (Lipinski definition) is 0. The van der Waals surface area contributed by atoms with Crippen LogP contribution in [-0.2, 0) is 0 Å². The quantitative estimate of drug-likeness (QED) is 0.173. The lowest BCUT2D eigenvalue weighted by molar-refractivity contribution is 0.669. The van der Waals surface area contributed by atoms with Gasteiger partial charge in [-0.2, -0.15) is 0 Å². The first-order valence-corrected chi connectivity index (χ1v) is 19.5. The van der Waals surface area contributed by atoms with Gasteiger partial charge in [0.2, 0.25) is 0 Å². The molecule has 3 heteroatoms. The zero-order valence-electron chi connectivity index (χ0n) is 30.9. The minimum atomic E-state index is 0.912. The molecule has 0 amide bonds. The Labute approximate surface area is 328 Å². The Morgan fingerprint density at radius 2 is 0.789 bits per heavy atom. The van der Waals surface area contributed by atoms with Crippen molar-refractivity contribution in [1.29, 1.82) is 0 Å². The monoisotopic (exact) mass is 726 g/mol. The standard InChI is InChI=1S/C54H34N2O/c1-2-11-40(12-3-1)56-48-17-7-4-13-43(48)45-31-27-39(34-51(45)56)36-23-21-35(22-24-36)38-28-32-50-47(33-38)44-14-5-8-18-49(44)55(50)41-29-25-37(26-30-41)42-16-10-20-53-54(42)46-15-6-9-19-52(46)57-53/h1-34H. The number of hydrogen-bond acceptors (Lipinski definition) is 1. The lowest BCUT2D eigenvalue weighted by Gasteiger charge is -2.11. The zero-order chi connectivity index (χ0) is 37.5. The first-order chi connectivity index (χ1) is 28.3. The molecule has 9 aromatic carbocycles.